The van der Waals surface area contributed by atoms with E-state index in [-0.39, 0.29) is 19.6 Å². The molecule has 3 aliphatic rings. The fourth-order valence-corrected chi connectivity index (χ4v) is 5.66. The molecule has 41 heavy (non-hydrogen) atoms. The molecule has 2 heterocycles. The van der Waals surface area contributed by atoms with Crippen LogP contribution in [-0.2, 0) is 23.7 Å². The lowest BCUT2D eigenvalue weighted by atomic mass is 9.84. The van der Waals surface area contributed by atoms with E-state index in [0.29, 0.717) is 0 Å². The largest absolute Gasteiger partial charge is 0.394 e. The zero-order valence-corrected chi connectivity index (χ0v) is 23.8. The van der Waals surface area contributed by atoms with Gasteiger partial charge in [-0.05, 0) is 12.8 Å². The van der Waals surface area contributed by atoms with Crippen LogP contribution in [0.5, 0.6) is 0 Å². The van der Waals surface area contributed by atoms with Crippen LogP contribution in [-0.4, -0.2) is 142 Å². The molecule has 0 unspecified atom stereocenters. The van der Waals surface area contributed by atoms with E-state index >= 15 is 0 Å². The Balaban J connectivity index is 1.69. The molecular formula is C26H52N4O11. The molecule has 14 N–H and O–H groups in total. The lowest BCUT2D eigenvalue weighted by Gasteiger charge is -2.48. The zero-order chi connectivity index (χ0) is 30.3. The Morgan fingerprint density at radius 2 is 1.24 bits per heavy atom. The molecule has 0 amide bonds. The van der Waals surface area contributed by atoms with Gasteiger partial charge >= 0.3 is 0 Å². The first kappa shape index (κ1) is 34.9. The standard InChI is InChI=1S/C26H52N4O11/c1-2-3-4-5-6-7-8-37-24-20(35)18(33)15(11-31)39-26(24)41-23-13(29)9-12(28)22(21(23)36)40-25-16(30)19(34)17(32)14(10-27)38-25/h12-26,31-36H,2-11,27-30H2,1H3/t12-,13+,14+,15+,16+,17+,18+,19+,20-,21-,22+,23-,24+,25+,26+/m0/s1. The van der Waals surface area contributed by atoms with Gasteiger partial charge in [0.25, 0.3) is 0 Å². The molecule has 0 aromatic rings. The molecule has 2 aliphatic heterocycles. The highest BCUT2D eigenvalue weighted by atomic mass is 16.7. The molecule has 0 spiro atoms. The Labute approximate surface area is 241 Å². The monoisotopic (exact) mass is 596 g/mol. The van der Waals surface area contributed by atoms with Gasteiger partial charge in [0.1, 0.15) is 61.0 Å². The minimum atomic E-state index is -1.44. The van der Waals surface area contributed by atoms with Crippen LogP contribution >= 0.6 is 0 Å². The first-order valence-corrected chi connectivity index (χ1v) is 14.8. The first-order chi connectivity index (χ1) is 19.5. The van der Waals surface area contributed by atoms with Gasteiger partial charge in [-0.2, -0.15) is 0 Å². The Hall–Kier alpha value is -0.600. The van der Waals surface area contributed by atoms with Gasteiger partial charge in [0.05, 0.1) is 12.6 Å². The van der Waals surface area contributed by atoms with Gasteiger partial charge in [-0.1, -0.05) is 39.0 Å². The molecule has 0 bridgehead atoms. The highest BCUT2D eigenvalue weighted by Gasteiger charge is 2.52. The van der Waals surface area contributed by atoms with Gasteiger partial charge in [0.2, 0.25) is 0 Å². The summed E-state index contributed by atoms with van der Waals surface area (Å²) in [6.07, 6.45) is -8.78. The predicted octanol–water partition coefficient (Wildman–Crippen LogP) is -3.91. The summed E-state index contributed by atoms with van der Waals surface area (Å²) >= 11 is 0. The number of nitrogens with two attached hydrogens (primary N) is 4. The summed E-state index contributed by atoms with van der Waals surface area (Å²) in [5.41, 5.74) is 24.2. The van der Waals surface area contributed by atoms with Gasteiger partial charge in [0.15, 0.2) is 12.6 Å². The molecule has 0 aromatic heterocycles. The zero-order valence-electron chi connectivity index (χ0n) is 23.8. The number of hydrogen-bond donors (Lipinski definition) is 10. The van der Waals surface area contributed by atoms with Crippen molar-refractivity contribution >= 4 is 0 Å². The molecule has 15 nitrogen and oxygen atoms in total. The maximum atomic E-state index is 11.3. The molecule has 3 rings (SSSR count). The molecule has 1 aliphatic carbocycles. The van der Waals surface area contributed by atoms with Crippen molar-refractivity contribution in [1.82, 2.24) is 0 Å². The molecular weight excluding hydrogens is 544 g/mol. The smallest absolute Gasteiger partial charge is 0.187 e. The molecule has 242 valence electrons. The van der Waals surface area contributed by atoms with E-state index in [9.17, 15) is 30.6 Å². The third-order valence-electron chi connectivity index (χ3n) is 8.26. The minimum Gasteiger partial charge on any atom is -0.394 e. The summed E-state index contributed by atoms with van der Waals surface area (Å²) < 4.78 is 29.3. The summed E-state index contributed by atoms with van der Waals surface area (Å²) in [5.74, 6) is 0. The number of aliphatic hydroxyl groups is 6. The molecule has 0 radical (unpaired) electrons. The van der Waals surface area contributed by atoms with Crippen LogP contribution in [0.3, 0.4) is 0 Å². The van der Waals surface area contributed by atoms with E-state index in [1.165, 1.54) is 0 Å². The van der Waals surface area contributed by atoms with Gasteiger partial charge in [-0.3, -0.25) is 0 Å². The van der Waals surface area contributed by atoms with E-state index in [1.54, 1.807) is 0 Å². The second kappa shape index (κ2) is 16.5. The summed E-state index contributed by atoms with van der Waals surface area (Å²) in [7, 11) is 0. The van der Waals surface area contributed by atoms with Crippen LogP contribution in [0.15, 0.2) is 0 Å². The quantitative estimate of drug-likeness (QED) is 0.0858. The maximum absolute atomic E-state index is 11.3. The van der Waals surface area contributed by atoms with Crippen LogP contribution in [0.1, 0.15) is 51.9 Å². The van der Waals surface area contributed by atoms with E-state index in [4.69, 9.17) is 46.6 Å². The van der Waals surface area contributed by atoms with E-state index in [0.717, 1.165) is 38.5 Å². The van der Waals surface area contributed by atoms with Gasteiger partial charge in [-0.15, -0.1) is 0 Å². The SMILES string of the molecule is CCCCCCCCO[C@H]1[C@@H](O[C@@H]2[C@@H](O)[C@H](O[C@H]3O[C@H](CN)[C@@H](O)[C@H](O)[C@H]3N)[C@@H](N)C[C@H]2N)O[C@H](CO)[C@@H](O)[C@@H]1O. The van der Waals surface area contributed by atoms with Crippen molar-refractivity contribution in [3.8, 4) is 0 Å². The van der Waals surface area contributed by atoms with Crippen molar-refractivity contribution in [2.24, 2.45) is 22.9 Å². The number of unbranched alkanes of at least 4 members (excludes halogenated alkanes) is 5. The average Bonchev–Trinajstić information content (AvgIpc) is 2.95. The molecule has 3 fully saturated rings. The van der Waals surface area contributed by atoms with Crippen molar-refractivity contribution in [3.63, 3.8) is 0 Å². The summed E-state index contributed by atoms with van der Waals surface area (Å²) in [6.45, 7) is 1.71. The van der Waals surface area contributed by atoms with Crippen molar-refractivity contribution in [1.29, 1.82) is 0 Å². The Morgan fingerprint density at radius 1 is 0.683 bits per heavy atom. The van der Waals surface area contributed by atoms with Gasteiger partial charge in [-0.25, -0.2) is 0 Å². The summed E-state index contributed by atoms with van der Waals surface area (Å²) in [5, 5.41) is 62.7. The van der Waals surface area contributed by atoms with Crippen molar-refractivity contribution < 1.29 is 54.3 Å². The number of hydrogen-bond acceptors (Lipinski definition) is 15. The van der Waals surface area contributed by atoms with Crippen LogP contribution in [0, 0.1) is 0 Å². The number of aliphatic hydroxyl groups excluding tert-OH is 6. The molecule has 1 saturated carbocycles. The second-order valence-corrected chi connectivity index (χ2v) is 11.4. The van der Waals surface area contributed by atoms with Crippen LogP contribution < -0.4 is 22.9 Å². The molecule has 15 heteroatoms. The lowest BCUT2D eigenvalue weighted by Crippen LogP contribution is -2.69. The van der Waals surface area contributed by atoms with Crippen LogP contribution in [0.4, 0.5) is 0 Å². The van der Waals surface area contributed by atoms with Crippen molar-refractivity contribution in [2.45, 2.75) is 144 Å². The van der Waals surface area contributed by atoms with E-state index in [2.05, 4.69) is 6.92 Å². The minimum absolute atomic E-state index is 0.111. The third-order valence-corrected chi connectivity index (χ3v) is 8.26. The maximum Gasteiger partial charge on any atom is 0.187 e. The lowest BCUT2D eigenvalue weighted by molar-refractivity contribution is -0.337. The van der Waals surface area contributed by atoms with Crippen molar-refractivity contribution in [3.05, 3.63) is 0 Å². The third kappa shape index (κ3) is 8.53. The number of ether oxygens (including phenoxy) is 5. The topological polar surface area (TPSA) is 272 Å². The van der Waals surface area contributed by atoms with Gasteiger partial charge < -0.3 is 77.3 Å². The number of rotatable bonds is 14. The fourth-order valence-electron chi connectivity index (χ4n) is 5.66. The fraction of sp³-hybridized carbons (Fsp3) is 1.00. The van der Waals surface area contributed by atoms with Crippen molar-refractivity contribution in [2.75, 3.05) is 19.8 Å². The first-order valence-electron chi connectivity index (χ1n) is 14.8. The highest BCUT2D eigenvalue weighted by Crippen LogP contribution is 2.32. The van der Waals surface area contributed by atoms with Crippen LogP contribution in [0.2, 0.25) is 0 Å². The van der Waals surface area contributed by atoms with Gasteiger partial charge in [0, 0.05) is 25.2 Å². The summed E-state index contributed by atoms with van der Waals surface area (Å²) in [6, 6.07) is -2.73. The average molecular weight is 597 g/mol. The normalized spacial score (nSPS) is 45.6. The Morgan fingerprint density at radius 3 is 1.85 bits per heavy atom. The highest BCUT2D eigenvalue weighted by molar-refractivity contribution is 5.01. The molecule has 2 saturated heterocycles. The Kier molecular flexibility index (Phi) is 14.0. The Bertz CT molecular complexity index is 758. The predicted molar refractivity (Wildman–Crippen MR) is 145 cm³/mol. The van der Waals surface area contributed by atoms with Crippen LogP contribution in [0.25, 0.3) is 0 Å². The molecule has 0 aromatic carbocycles. The van der Waals surface area contributed by atoms with E-state index in [1.807, 2.05) is 0 Å². The summed E-state index contributed by atoms with van der Waals surface area (Å²) in [4.78, 5) is 0. The van der Waals surface area contributed by atoms with E-state index < -0.39 is 98.4 Å². The second-order valence-electron chi connectivity index (χ2n) is 11.4. The molecule has 15 atom stereocenters.